The van der Waals surface area contributed by atoms with Crippen molar-refractivity contribution in [3.63, 3.8) is 0 Å². The molecule has 0 saturated carbocycles. The van der Waals surface area contributed by atoms with Gasteiger partial charge in [-0.05, 0) is 56.5 Å². The first kappa shape index (κ1) is 13.9. The summed E-state index contributed by atoms with van der Waals surface area (Å²) < 4.78 is 0. The maximum atomic E-state index is 12.1. The molecular weight excluding hydrogens is 224 g/mol. The summed E-state index contributed by atoms with van der Waals surface area (Å²) in [5, 5.41) is 3.40. The molecule has 0 aromatic heterocycles. The van der Waals surface area contributed by atoms with Crippen molar-refractivity contribution in [2.45, 2.75) is 52.4 Å². The molecule has 2 aliphatic heterocycles. The van der Waals surface area contributed by atoms with E-state index < -0.39 is 0 Å². The van der Waals surface area contributed by atoms with E-state index in [2.05, 4.69) is 24.1 Å². The van der Waals surface area contributed by atoms with E-state index in [-0.39, 0.29) is 0 Å². The van der Waals surface area contributed by atoms with Crippen LogP contribution in [0.1, 0.15) is 52.4 Å². The first-order valence-corrected chi connectivity index (χ1v) is 7.55. The van der Waals surface area contributed by atoms with Crippen LogP contribution in [0.25, 0.3) is 0 Å². The Kier molecular flexibility index (Phi) is 4.66. The minimum Gasteiger partial charge on any atom is -0.343 e. The van der Waals surface area contributed by atoms with E-state index in [4.69, 9.17) is 0 Å². The summed E-state index contributed by atoms with van der Waals surface area (Å²) in [7, 11) is 0. The van der Waals surface area contributed by atoms with E-state index in [1.165, 1.54) is 19.3 Å². The van der Waals surface area contributed by atoms with Crippen molar-refractivity contribution in [2.24, 2.45) is 11.3 Å². The molecule has 2 aliphatic rings. The zero-order chi connectivity index (χ0) is 13.0. The van der Waals surface area contributed by atoms with Crippen molar-refractivity contribution in [1.29, 1.82) is 0 Å². The van der Waals surface area contributed by atoms with Crippen molar-refractivity contribution in [3.8, 4) is 0 Å². The molecule has 0 aromatic carbocycles. The van der Waals surface area contributed by atoms with E-state index in [1.54, 1.807) is 0 Å². The summed E-state index contributed by atoms with van der Waals surface area (Å²) >= 11 is 0. The van der Waals surface area contributed by atoms with Gasteiger partial charge in [-0.1, -0.05) is 13.8 Å². The predicted octanol–water partition coefficient (Wildman–Crippen LogP) is 2.41. The molecule has 0 unspecified atom stereocenters. The van der Waals surface area contributed by atoms with Crippen LogP contribution in [0.15, 0.2) is 0 Å². The Balaban J connectivity index is 1.78. The number of rotatable bonds is 3. The molecule has 0 bridgehead atoms. The van der Waals surface area contributed by atoms with E-state index in [0.29, 0.717) is 11.3 Å². The second-order valence-corrected chi connectivity index (χ2v) is 6.78. The number of hydrogen-bond donors (Lipinski definition) is 1. The van der Waals surface area contributed by atoms with Crippen molar-refractivity contribution in [2.75, 3.05) is 26.2 Å². The monoisotopic (exact) mass is 252 g/mol. The summed E-state index contributed by atoms with van der Waals surface area (Å²) in [6, 6.07) is 0. The highest BCUT2D eigenvalue weighted by atomic mass is 16.2. The maximum absolute atomic E-state index is 12.1. The van der Waals surface area contributed by atoms with Crippen LogP contribution in [0, 0.1) is 11.3 Å². The summed E-state index contributed by atoms with van der Waals surface area (Å²) in [4.78, 5) is 14.2. The molecule has 104 valence electrons. The summed E-state index contributed by atoms with van der Waals surface area (Å²) in [6.07, 6.45) is 6.73. The average Bonchev–Trinajstić information content (AvgIpc) is 2.49. The van der Waals surface area contributed by atoms with Gasteiger partial charge in [0.05, 0.1) is 0 Å². The van der Waals surface area contributed by atoms with E-state index >= 15 is 0 Å². The molecule has 3 nitrogen and oxygen atoms in total. The number of nitrogens with one attached hydrogen (secondary N) is 1. The van der Waals surface area contributed by atoms with Crippen molar-refractivity contribution >= 4 is 5.91 Å². The van der Waals surface area contributed by atoms with Crippen LogP contribution in [0.3, 0.4) is 0 Å². The first-order chi connectivity index (χ1) is 8.57. The van der Waals surface area contributed by atoms with Crippen LogP contribution in [0.5, 0.6) is 0 Å². The zero-order valence-electron chi connectivity index (χ0n) is 12.0. The molecule has 0 atom stereocenters. The van der Waals surface area contributed by atoms with Crippen LogP contribution in [0.2, 0.25) is 0 Å². The lowest BCUT2D eigenvalue weighted by atomic mass is 9.85. The highest BCUT2D eigenvalue weighted by Crippen LogP contribution is 2.30. The fourth-order valence-corrected chi connectivity index (χ4v) is 3.04. The van der Waals surface area contributed by atoms with E-state index in [1.807, 2.05) is 0 Å². The second-order valence-electron chi connectivity index (χ2n) is 6.78. The standard InChI is InChI=1S/C15H28N2O/c1-15(2)7-3-14(18)17(12-8-15)11-6-13-4-9-16-10-5-13/h13,16H,3-12H2,1-2H3. The van der Waals surface area contributed by atoms with Crippen LogP contribution in [-0.2, 0) is 4.79 Å². The van der Waals surface area contributed by atoms with Gasteiger partial charge in [-0.15, -0.1) is 0 Å². The van der Waals surface area contributed by atoms with Crippen molar-refractivity contribution in [1.82, 2.24) is 10.2 Å². The average molecular weight is 252 g/mol. The lowest BCUT2D eigenvalue weighted by Crippen LogP contribution is -2.34. The minimum absolute atomic E-state index is 0.346. The largest absolute Gasteiger partial charge is 0.343 e. The lowest BCUT2D eigenvalue weighted by Gasteiger charge is -2.27. The van der Waals surface area contributed by atoms with Crippen LogP contribution >= 0.6 is 0 Å². The highest BCUT2D eigenvalue weighted by Gasteiger charge is 2.27. The van der Waals surface area contributed by atoms with Crippen molar-refractivity contribution in [3.05, 3.63) is 0 Å². The van der Waals surface area contributed by atoms with E-state index in [9.17, 15) is 4.79 Å². The smallest absolute Gasteiger partial charge is 0.222 e. The quantitative estimate of drug-likeness (QED) is 0.836. The second kappa shape index (κ2) is 6.05. The normalized spacial score (nSPS) is 26.1. The molecule has 18 heavy (non-hydrogen) atoms. The molecule has 0 spiro atoms. The van der Waals surface area contributed by atoms with Gasteiger partial charge in [0, 0.05) is 19.5 Å². The van der Waals surface area contributed by atoms with Gasteiger partial charge in [0.15, 0.2) is 0 Å². The Bertz CT molecular complexity index is 282. The van der Waals surface area contributed by atoms with Gasteiger partial charge in [0.25, 0.3) is 0 Å². The molecule has 2 saturated heterocycles. The van der Waals surface area contributed by atoms with Gasteiger partial charge in [0.2, 0.25) is 5.91 Å². The maximum Gasteiger partial charge on any atom is 0.222 e. The Morgan fingerprint density at radius 1 is 1.28 bits per heavy atom. The Morgan fingerprint density at radius 3 is 2.72 bits per heavy atom. The van der Waals surface area contributed by atoms with Gasteiger partial charge in [-0.3, -0.25) is 4.79 Å². The summed E-state index contributed by atoms with van der Waals surface area (Å²) in [5.41, 5.74) is 0.346. The van der Waals surface area contributed by atoms with Crippen LogP contribution in [-0.4, -0.2) is 37.0 Å². The third-order valence-electron chi connectivity index (χ3n) is 4.69. The number of amides is 1. The molecule has 3 heteroatoms. The number of nitrogens with zero attached hydrogens (tertiary/aromatic N) is 1. The molecule has 0 aliphatic carbocycles. The van der Waals surface area contributed by atoms with Gasteiger partial charge in [0.1, 0.15) is 0 Å². The summed E-state index contributed by atoms with van der Waals surface area (Å²) in [6.45, 7) is 8.85. The van der Waals surface area contributed by atoms with E-state index in [0.717, 1.165) is 51.4 Å². The molecular formula is C15H28N2O. The van der Waals surface area contributed by atoms with Gasteiger partial charge < -0.3 is 10.2 Å². The molecule has 2 rings (SSSR count). The third kappa shape index (κ3) is 3.98. The molecule has 2 fully saturated rings. The van der Waals surface area contributed by atoms with Crippen molar-refractivity contribution < 1.29 is 4.79 Å². The highest BCUT2D eigenvalue weighted by molar-refractivity contribution is 5.76. The Labute approximate surface area is 111 Å². The molecule has 1 N–H and O–H groups in total. The zero-order valence-corrected chi connectivity index (χ0v) is 12.0. The predicted molar refractivity (Wildman–Crippen MR) is 74.4 cm³/mol. The molecule has 0 aromatic rings. The molecule has 0 radical (unpaired) electrons. The van der Waals surface area contributed by atoms with Gasteiger partial charge >= 0.3 is 0 Å². The van der Waals surface area contributed by atoms with Gasteiger partial charge in [-0.2, -0.15) is 0 Å². The summed E-state index contributed by atoms with van der Waals surface area (Å²) in [5.74, 6) is 1.21. The molecule has 2 heterocycles. The lowest BCUT2D eigenvalue weighted by molar-refractivity contribution is -0.130. The number of likely N-dealkylation sites (tertiary alicyclic amines) is 1. The third-order valence-corrected chi connectivity index (χ3v) is 4.69. The SMILES string of the molecule is CC1(C)CCC(=O)N(CCC2CCNCC2)CC1. The number of carbonyl (C=O) groups excluding carboxylic acids is 1. The fraction of sp³-hybridized carbons (Fsp3) is 0.933. The number of piperidine rings is 1. The van der Waals surface area contributed by atoms with Gasteiger partial charge in [-0.25, -0.2) is 0 Å². The minimum atomic E-state index is 0.346. The van der Waals surface area contributed by atoms with Crippen LogP contribution in [0.4, 0.5) is 0 Å². The fourth-order valence-electron chi connectivity index (χ4n) is 3.04. The van der Waals surface area contributed by atoms with Crippen LogP contribution < -0.4 is 5.32 Å². The topological polar surface area (TPSA) is 32.3 Å². The first-order valence-electron chi connectivity index (χ1n) is 7.55. The Hall–Kier alpha value is -0.570. The number of hydrogen-bond acceptors (Lipinski definition) is 2. The number of carbonyl (C=O) groups is 1. The molecule has 1 amide bonds. The Morgan fingerprint density at radius 2 is 2.00 bits per heavy atom.